The SMILES string of the molecule is COc1ccc(CCN(Cc2ccc(OCc3ccccc3)c(OC)c2)C(=O)Nc2ccccc2C)cc1OC. The first-order valence-electron chi connectivity index (χ1n) is 13.2. The van der Waals surface area contributed by atoms with Crippen molar-refractivity contribution in [3.05, 3.63) is 113 Å². The Bertz CT molecular complexity index is 1410. The predicted molar refractivity (Wildman–Crippen MR) is 158 cm³/mol. The molecule has 1 N–H and O–H groups in total. The van der Waals surface area contributed by atoms with Gasteiger partial charge in [-0.3, -0.25) is 0 Å². The van der Waals surface area contributed by atoms with Crippen LogP contribution in [0.2, 0.25) is 0 Å². The molecule has 7 nitrogen and oxygen atoms in total. The second-order valence-corrected chi connectivity index (χ2v) is 9.37. The van der Waals surface area contributed by atoms with Crippen molar-refractivity contribution in [2.75, 3.05) is 33.2 Å². The minimum Gasteiger partial charge on any atom is -0.493 e. The molecule has 40 heavy (non-hydrogen) atoms. The number of hydrogen-bond acceptors (Lipinski definition) is 5. The van der Waals surface area contributed by atoms with E-state index < -0.39 is 0 Å². The number of methoxy groups -OCH3 is 3. The van der Waals surface area contributed by atoms with Gasteiger partial charge in [-0.25, -0.2) is 4.79 Å². The molecule has 0 radical (unpaired) electrons. The van der Waals surface area contributed by atoms with E-state index in [-0.39, 0.29) is 6.03 Å². The van der Waals surface area contributed by atoms with Gasteiger partial charge in [-0.05, 0) is 65.9 Å². The molecule has 0 spiro atoms. The number of benzene rings is 4. The molecule has 0 fully saturated rings. The zero-order valence-electron chi connectivity index (χ0n) is 23.5. The Morgan fingerprint density at radius 3 is 2.05 bits per heavy atom. The van der Waals surface area contributed by atoms with E-state index in [1.807, 2.05) is 97.9 Å². The lowest BCUT2D eigenvalue weighted by atomic mass is 10.1. The molecule has 0 atom stereocenters. The standard InChI is InChI=1S/C33H36N2O5/c1-24-10-8-9-13-28(24)34-33(36)35(19-18-25-14-16-29(37-2)31(20-25)38-3)22-27-15-17-30(32(21-27)39-4)40-23-26-11-6-5-7-12-26/h5-17,20-21H,18-19,22-23H2,1-4H3,(H,34,36). The van der Waals surface area contributed by atoms with E-state index in [0.717, 1.165) is 27.9 Å². The van der Waals surface area contributed by atoms with Gasteiger partial charge in [0.05, 0.1) is 21.3 Å². The fourth-order valence-electron chi connectivity index (χ4n) is 4.35. The van der Waals surface area contributed by atoms with Crippen LogP contribution in [0.25, 0.3) is 0 Å². The van der Waals surface area contributed by atoms with Gasteiger partial charge < -0.3 is 29.2 Å². The van der Waals surface area contributed by atoms with Crippen LogP contribution in [-0.4, -0.2) is 38.8 Å². The summed E-state index contributed by atoms with van der Waals surface area (Å²) in [6.45, 7) is 3.29. The van der Waals surface area contributed by atoms with Gasteiger partial charge in [0.15, 0.2) is 23.0 Å². The first-order valence-corrected chi connectivity index (χ1v) is 13.2. The number of nitrogens with one attached hydrogen (secondary N) is 1. The fourth-order valence-corrected chi connectivity index (χ4v) is 4.35. The Morgan fingerprint density at radius 2 is 1.32 bits per heavy atom. The minimum atomic E-state index is -0.182. The Balaban J connectivity index is 1.52. The number of urea groups is 1. The van der Waals surface area contributed by atoms with E-state index in [1.54, 1.807) is 26.2 Å². The van der Waals surface area contributed by atoms with E-state index >= 15 is 0 Å². The van der Waals surface area contributed by atoms with Crippen LogP contribution in [0.1, 0.15) is 22.3 Å². The minimum absolute atomic E-state index is 0.182. The van der Waals surface area contributed by atoms with Crippen LogP contribution in [0.5, 0.6) is 23.0 Å². The number of rotatable bonds is 12. The van der Waals surface area contributed by atoms with Crippen LogP contribution in [0, 0.1) is 6.92 Å². The molecule has 0 aromatic heterocycles. The van der Waals surface area contributed by atoms with Crippen LogP contribution < -0.4 is 24.3 Å². The molecule has 4 rings (SSSR count). The summed E-state index contributed by atoms with van der Waals surface area (Å²) >= 11 is 0. The maximum atomic E-state index is 13.5. The summed E-state index contributed by atoms with van der Waals surface area (Å²) < 4.78 is 22.5. The van der Waals surface area contributed by atoms with Gasteiger partial charge in [-0.15, -0.1) is 0 Å². The molecule has 4 aromatic carbocycles. The van der Waals surface area contributed by atoms with Crippen molar-refractivity contribution in [3.8, 4) is 23.0 Å². The van der Waals surface area contributed by atoms with Crippen LogP contribution in [-0.2, 0) is 19.6 Å². The van der Waals surface area contributed by atoms with Crippen LogP contribution >= 0.6 is 0 Å². The second-order valence-electron chi connectivity index (χ2n) is 9.37. The monoisotopic (exact) mass is 540 g/mol. The zero-order valence-corrected chi connectivity index (χ0v) is 23.5. The molecule has 0 heterocycles. The summed E-state index contributed by atoms with van der Waals surface area (Å²) in [6, 6.07) is 29.1. The second kappa shape index (κ2) is 13.9. The Labute approximate surface area is 236 Å². The van der Waals surface area contributed by atoms with E-state index in [2.05, 4.69) is 5.32 Å². The van der Waals surface area contributed by atoms with Gasteiger partial charge in [0, 0.05) is 18.8 Å². The highest BCUT2D eigenvalue weighted by Gasteiger charge is 2.17. The maximum absolute atomic E-state index is 13.5. The molecule has 0 aliphatic carbocycles. The number of amides is 2. The highest BCUT2D eigenvalue weighted by molar-refractivity contribution is 5.90. The number of carbonyl (C=O) groups is 1. The predicted octanol–water partition coefficient (Wildman–Crippen LogP) is 6.88. The quantitative estimate of drug-likeness (QED) is 0.212. The third kappa shape index (κ3) is 7.47. The zero-order chi connectivity index (χ0) is 28.3. The Hall–Kier alpha value is -4.65. The number of carbonyl (C=O) groups excluding carboxylic acids is 1. The van der Waals surface area contributed by atoms with Gasteiger partial charge in [-0.1, -0.05) is 60.7 Å². The summed E-state index contributed by atoms with van der Waals surface area (Å²) in [5, 5.41) is 3.07. The number of nitrogens with zero attached hydrogens (tertiary/aromatic N) is 1. The lowest BCUT2D eigenvalue weighted by molar-refractivity contribution is 0.209. The number of hydrogen-bond donors (Lipinski definition) is 1. The van der Waals surface area contributed by atoms with Gasteiger partial charge in [0.1, 0.15) is 6.61 Å². The molecule has 0 saturated carbocycles. The van der Waals surface area contributed by atoms with Crippen LogP contribution in [0.4, 0.5) is 10.5 Å². The summed E-state index contributed by atoms with van der Waals surface area (Å²) in [5.74, 6) is 2.60. The molecule has 0 saturated heterocycles. The maximum Gasteiger partial charge on any atom is 0.322 e. The average molecular weight is 541 g/mol. The van der Waals surface area contributed by atoms with Crippen molar-refractivity contribution >= 4 is 11.7 Å². The molecule has 0 aliphatic heterocycles. The normalized spacial score (nSPS) is 10.5. The van der Waals surface area contributed by atoms with Crippen molar-refractivity contribution in [3.63, 3.8) is 0 Å². The van der Waals surface area contributed by atoms with Crippen LogP contribution in [0.3, 0.4) is 0 Å². The van der Waals surface area contributed by atoms with Gasteiger partial charge in [0.25, 0.3) is 0 Å². The van der Waals surface area contributed by atoms with Gasteiger partial charge in [0.2, 0.25) is 0 Å². The molecule has 0 aliphatic rings. The number of ether oxygens (including phenoxy) is 4. The summed E-state index contributed by atoms with van der Waals surface area (Å²) in [6.07, 6.45) is 0.636. The number of aryl methyl sites for hydroxylation is 1. The smallest absolute Gasteiger partial charge is 0.322 e. The summed E-state index contributed by atoms with van der Waals surface area (Å²) in [5.41, 5.74) is 4.82. The van der Waals surface area contributed by atoms with Crippen molar-refractivity contribution in [1.82, 2.24) is 4.90 Å². The molecule has 2 amide bonds. The highest BCUT2D eigenvalue weighted by Crippen LogP contribution is 2.30. The van der Waals surface area contributed by atoms with Crippen molar-refractivity contribution in [1.29, 1.82) is 0 Å². The molecule has 208 valence electrons. The Kier molecular flexibility index (Phi) is 9.88. The van der Waals surface area contributed by atoms with Gasteiger partial charge >= 0.3 is 6.03 Å². The topological polar surface area (TPSA) is 69.3 Å². The van der Waals surface area contributed by atoms with Crippen molar-refractivity contribution in [2.45, 2.75) is 26.5 Å². The molecule has 7 heteroatoms. The first-order chi connectivity index (χ1) is 19.5. The molecular formula is C33H36N2O5. The van der Waals surface area contributed by atoms with E-state index in [4.69, 9.17) is 18.9 Å². The third-order valence-corrected chi connectivity index (χ3v) is 6.63. The van der Waals surface area contributed by atoms with E-state index in [1.165, 1.54) is 0 Å². The van der Waals surface area contributed by atoms with E-state index in [0.29, 0.717) is 49.1 Å². The summed E-state index contributed by atoms with van der Waals surface area (Å²) in [4.78, 5) is 15.3. The molecule has 4 aromatic rings. The summed E-state index contributed by atoms with van der Waals surface area (Å²) in [7, 11) is 4.85. The lowest BCUT2D eigenvalue weighted by Crippen LogP contribution is -2.36. The molecule has 0 bridgehead atoms. The van der Waals surface area contributed by atoms with E-state index in [9.17, 15) is 4.79 Å². The molecular weight excluding hydrogens is 504 g/mol. The third-order valence-electron chi connectivity index (χ3n) is 6.63. The average Bonchev–Trinajstić information content (AvgIpc) is 2.99. The fraction of sp³-hybridized carbons (Fsp3) is 0.242. The van der Waals surface area contributed by atoms with Gasteiger partial charge in [-0.2, -0.15) is 0 Å². The first kappa shape index (κ1) is 28.4. The molecule has 0 unspecified atom stereocenters. The largest absolute Gasteiger partial charge is 0.493 e. The Morgan fingerprint density at radius 1 is 0.700 bits per heavy atom. The number of para-hydroxylation sites is 1. The lowest BCUT2D eigenvalue weighted by Gasteiger charge is -2.24. The van der Waals surface area contributed by atoms with Crippen molar-refractivity contribution < 1.29 is 23.7 Å². The number of anilines is 1. The van der Waals surface area contributed by atoms with Crippen molar-refractivity contribution in [2.24, 2.45) is 0 Å². The van der Waals surface area contributed by atoms with Crippen LogP contribution in [0.15, 0.2) is 91.0 Å². The highest BCUT2D eigenvalue weighted by atomic mass is 16.5.